The van der Waals surface area contributed by atoms with Gasteiger partial charge in [0.1, 0.15) is 5.76 Å². The van der Waals surface area contributed by atoms with Gasteiger partial charge >= 0.3 is 5.97 Å². The van der Waals surface area contributed by atoms with E-state index in [9.17, 15) is 9.18 Å². The highest BCUT2D eigenvalue weighted by Crippen LogP contribution is 2.39. The molecule has 1 atom stereocenters. The van der Waals surface area contributed by atoms with Gasteiger partial charge in [-0.25, -0.2) is 9.18 Å². The maximum Gasteiger partial charge on any atom is 0.352 e. The van der Waals surface area contributed by atoms with Crippen molar-refractivity contribution >= 4 is 5.97 Å². The first-order valence-corrected chi connectivity index (χ1v) is 3.53. The van der Waals surface area contributed by atoms with Crippen LogP contribution in [0.15, 0.2) is 16.5 Å². The largest absolute Gasteiger partial charge is 0.466 e. The molecular weight excluding hydrogens is 163 g/mol. The van der Waals surface area contributed by atoms with Gasteiger partial charge in [0.05, 0.1) is 13.5 Å². The van der Waals surface area contributed by atoms with Crippen LogP contribution in [0.5, 0.6) is 0 Å². The third-order valence-electron chi connectivity index (χ3n) is 1.98. The molecule has 0 fully saturated rings. The Labute approximate surface area is 68.1 Å². The number of esters is 1. The van der Waals surface area contributed by atoms with E-state index in [-0.39, 0.29) is 12.2 Å². The van der Waals surface area contributed by atoms with Crippen molar-refractivity contribution in [3.05, 3.63) is 23.7 Å². The maximum absolute atomic E-state index is 13.7. The molecule has 0 spiro atoms. The van der Waals surface area contributed by atoms with Crippen LogP contribution in [0, 0.1) is 0 Å². The van der Waals surface area contributed by atoms with Crippen molar-refractivity contribution < 1.29 is 18.3 Å². The lowest BCUT2D eigenvalue weighted by Gasteiger charge is -2.14. The number of rotatable bonds is 1. The highest BCUT2D eigenvalue weighted by molar-refractivity contribution is 5.81. The molecule has 4 heteroatoms. The Kier molecular flexibility index (Phi) is 1.28. The lowest BCUT2D eigenvalue weighted by atomic mass is 9.96. The number of halogens is 1. The van der Waals surface area contributed by atoms with Crippen molar-refractivity contribution in [3.63, 3.8) is 0 Å². The minimum Gasteiger partial charge on any atom is -0.466 e. The fourth-order valence-corrected chi connectivity index (χ4v) is 1.35. The summed E-state index contributed by atoms with van der Waals surface area (Å²) in [5, 5.41) is 0. The highest BCUT2D eigenvalue weighted by atomic mass is 19.1. The molecule has 0 N–H and O–H groups in total. The number of carbonyl (C=O) groups is 1. The summed E-state index contributed by atoms with van der Waals surface area (Å²) in [5.41, 5.74) is -2.07. The second kappa shape index (κ2) is 2.09. The second-order valence-corrected chi connectivity index (χ2v) is 2.74. The van der Waals surface area contributed by atoms with Crippen LogP contribution in [0.3, 0.4) is 0 Å². The summed E-state index contributed by atoms with van der Waals surface area (Å²) in [6, 6.07) is 3.10. The molecule has 1 aliphatic heterocycles. The van der Waals surface area contributed by atoms with Gasteiger partial charge in [0.2, 0.25) is 0 Å². The molecule has 12 heavy (non-hydrogen) atoms. The molecule has 2 bridgehead atoms. The van der Waals surface area contributed by atoms with E-state index in [1.165, 1.54) is 6.07 Å². The molecule has 0 aromatic carbocycles. The average Bonchev–Trinajstić information content (AvgIpc) is 2.62. The van der Waals surface area contributed by atoms with Gasteiger partial charge in [-0.2, -0.15) is 0 Å². The molecule has 0 saturated heterocycles. The van der Waals surface area contributed by atoms with Gasteiger partial charge in [-0.05, 0) is 12.1 Å². The van der Waals surface area contributed by atoms with E-state index in [1.807, 2.05) is 0 Å². The smallest absolute Gasteiger partial charge is 0.352 e. The summed E-state index contributed by atoms with van der Waals surface area (Å²) in [5.74, 6) is -0.362. The molecule has 2 rings (SSSR count). The number of ether oxygens (including phenoxy) is 1. The summed E-state index contributed by atoms with van der Waals surface area (Å²) >= 11 is 0. The molecule has 1 unspecified atom stereocenters. The van der Waals surface area contributed by atoms with Crippen LogP contribution in [-0.4, -0.2) is 13.1 Å². The molecular formula is C8H7FO3. The minimum atomic E-state index is -2.07. The SMILES string of the molecule is COC(=O)C1(F)Cc2ccc1o2. The van der Waals surface area contributed by atoms with E-state index in [2.05, 4.69) is 4.74 Å². The number of hydrogen-bond acceptors (Lipinski definition) is 3. The van der Waals surface area contributed by atoms with Gasteiger partial charge in [0, 0.05) is 0 Å². The van der Waals surface area contributed by atoms with Crippen LogP contribution in [0.2, 0.25) is 0 Å². The van der Waals surface area contributed by atoms with Crippen molar-refractivity contribution in [1.29, 1.82) is 0 Å². The van der Waals surface area contributed by atoms with Crippen LogP contribution in [-0.2, 0) is 21.6 Å². The first-order valence-electron chi connectivity index (χ1n) is 3.53. The van der Waals surface area contributed by atoms with E-state index in [1.54, 1.807) is 6.07 Å². The zero-order valence-corrected chi connectivity index (χ0v) is 6.46. The molecule has 64 valence electrons. The molecule has 0 radical (unpaired) electrons. The predicted octanol–water partition coefficient (Wildman–Crippen LogP) is 1.17. The van der Waals surface area contributed by atoms with Gasteiger partial charge in [-0.15, -0.1) is 0 Å². The van der Waals surface area contributed by atoms with E-state index in [0.29, 0.717) is 5.76 Å². The minimum absolute atomic E-state index is 0.0362. The van der Waals surface area contributed by atoms with Crippen molar-refractivity contribution in [3.8, 4) is 0 Å². The van der Waals surface area contributed by atoms with E-state index in [0.717, 1.165) is 7.11 Å². The third-order valence-corrected chi connectivity index (χ3v) is 1.98. The Morgan fingerprint density at radius 2 is 2.50 bits per heavy atom. The Balaban J connectivity index is 2.38. The predicted molar refractivity (Wildman–Crippen MR) is 37.2 cm³/mol. The topological polar surface area (TPSA) is 39.4 Å². The monoisotopic (exact) mass is 170 g/mol. The summed E-state index contributed by atoms with van der Waals surface area (Å²) in [4.78, 5) is 11.0. The van der Waals surface area contributed by atoms with E-state index < -0.39 is 11.6 Å². The third kappa shape index (κ3) is 0.719. The lowest BCUT2D eigenvalue weighted by Crippen LogP contribution is -2.32. The van der Waals surface area contributed by atoms with Gasteiger partial charge in [0.15, 0.2) is 5.76 Å². The number of methoxy groups -OCH3 is 1. The van der Waals surface area contributed by atoms with Gasteiger partial charge in [0.25, 0.3) is 5.67 Å². The number of fused-ring (bicyclic) bond motifs is 2. The molecule has 1 aromatic heterocycles. The maximum atomic E-state index is 13.7. The fourth-order valence-electron chi connectivity index (χ4n) is 1.35. The van der Waals surface area contributed by atoms with Crippen molar-refractivity contribution in [2.24, 2.45) is 0 Å². The summed E-state index contributed by atoms with van der Waals surface area (Å²) in [6.07, 6.45) is -0.0362. The Hall–Kier alpha value is -1.32. The molecule has 2 heterocycles. The van der Waals surface area contributed by atoms with E-state index >= 15 is 0 Å². The normalized spacial score (nSPS) is 25.8. The molecule has 0 aliphatic carbocycles. The number of hydrogen-bond donors (Lipinski definition) is 0. The van der Waals surface area contributed by atoms with Crippen LogP contribution >= 0.6 is 0 Å². The first-order chi connectivity index (χ1) is 5.66. The Morgan fingerprint density at radius 1 is 1.75 bits per heavy atom. The van der Waals surface area contributed by atoms with E-state index in [4.69, 9.17) is 4.42 Å². The zero-order valence-electron chi connectivity index (χ0n) is 6.46. The Bertz CT molecular complexity index is 331. The van der Waals surface area contributed by atoms with Crippen molar-refractivity contribution in [2.45, 2.75) is 12.1 Å². The average molecular weight is 170 g/mol. The molecule has 0 saturated carbocycles. The van der Waals surface area contributed by atoms with Gasteiger partial charge in [-0.3, -0.25) is 0 Å². The lowest BCUT2D eigenvalue weighted by molar-refractivity contribution is -0.155. The van der Waals surface area contributed by atoms with Crippen LogP contribution < -0.4 is 0 Å². The van der Waals surface area contributed by atoms with Gasteiger partial charge < -0.3 is 9.15 Å². The summed E-state index contributed by atoms with van der Waals surface area (Å²) < 4.78 is 23.0. The number of furan rings is 1. The number of carbonyl (C=O) groups excluding carboxylic acids is 1. The molecule has 3 nitrogen and oxygen atoms in total. The fraction of sp³-hybridized carbons (Fsp3) is 0.375. The summed E-state index contributed by atoms with van der Waals surface area (Å²) in [7, 11) is 1.16. The molecule has 1 aromatic rings. The van der Waals surface area contributed by atoms with Crippen molar-refractivity contribution in [1.82, 2.24) is 0 Å². The van der Waals surface area contributed by atoms with Gasteiger partial charge in [-0.1, -0.05) is 0 Å². The number of alkyl halides is 1. The molecule has 1 aliphatic rings. The zero-order chi connectivity index (χ0) is 8.77. The Morgan fingerprint density at radius 3 is 2.92 bits per heavy atom. The van der Waals surface area contributed by atoms with Crippen LogP contribution in [0.25, 0.3) is 0 Å². The highest BCUT2D eigenvalue weighted by Gasteiger charge is 2.50. The summed E-state index contributed by atoms with van der Waals surface area (Å²) in [6.45, 7) is 0. The van der Waals surface area contributed by atoms with Crippen molar-refractivity contribution in [2.75, 3.05) is 7.11 Å². The quantitative estimate of drug-likeness (QED) is 0.594. The van der Waals surface area contributed by atoms with Crippen LogP contribution in [0.4, 0.5) is 4.39 Å². The second-order valence-electron chi connectivity index (χ2n) is 2.74. The standard InChI is InChI=1S/C8H7FO3/c1-11-7(10)8(9)4-5-2-3-6(8)12-5/h2-3H,4H2,1H3. The first kappa shape index (κ1) is 7.34. The molecule has 0 amide bonds. The van der Waals surface area contributed by atoms with Crippen LogP contribution in [0.1, 0.15) is 11.5 Å².